The second-order valence-corrected chi connectivity index (χ2v) is 4.58. The van der Waals surface area contributed by atoms with Gasteiger partial charge >= 0.3 is 0 Å². The molecule has 0 spiro atoms. The predicted molar refractivity (Wildman–Crippen MR) is 90.3 cm³/mol. The van der Waals surface area contributed by atoms with E-state index >= 15 is 0 Å². The van der Waals surface area contributed by atoms with Gasteiger partial charge in [-0.1, -0.05) is 0 Å². The van der Waals surface area contributed by atoms with Crippen LogP contribution in [0.25, 0.3) is 0 Å². The fourth-order valence-electron chi connectivity index (χ4n) is 1.24. The summed E-state index contributed by atoms with van der Waals surface area (Å²) in [6.07, 6.45) is 0. The Hall–Kier alpha value is -0.570. The van der Waals surface area contributed by atoms with Crippen molar-refractivity contribution in [2.45, 2.75) is 20.4 Å². The van der Waals surface area contributed by atoms with Crippen molar-refractivity contribution in [1.82, 2.24) is 15.6 Å². The van der Waals surface area contributed by atoms with Crippen molar-refractivity contribution in [2.75, 3.05) is 32.1 Å². The molecule has 0 unspecified atom stereocenters. The number of nitrogens with one attached hydrogen (secondary N) is 2. The van der Waals surface area contributed by atoms with Crippen LogP contribution in [0.4, 0.5) is 5.13 Å². The largest absolute Gasteiger partial charge is 0.357 e. The number of hydrogen-bond acceptors (Lipinski definition) is 4. The molecule has 0 bridgehead atoms. The maximum atomic E-state index is 4.48. The number of anilines is 1. The van der Waals surface area contributed by atoms with Gasteiger partial charge in [-0.2, -0.15) is 0 Å². The lowest BCUT2D eigenvalue weighted by atomic mass is 10.5. The van der Waals surface area contributed by atoms with Crippen LogP contribution in [-0.4, -0.2) is 38.1 Å². The zero-order valence-electron chi connectivity index (χ0n) is 11.4. The summed E-state index contributed by atoms with van der Waals surface area (Å²) in [4.78, 5) is 11.0. The van der Waals surface area contributed by atoms with E-state index < -0.39 is 0 Å². The lowest BCUT2D eigenvalue weighted by molar-refractivity contribution is 0.835. The van der Waals surface area contributed by atoms with Gasteiger partial charge < -0.3 is 15.5 Å². The lowest BCUT2D eigenvalue weighted by Gasteiger charge is -2.08. The number of aliphatic imine (C=N–C) groups is 1. The lowest BCUT2D eigenvalue weighted by Crippen LogP contribution is -2.36. The number of rotatable bonds is 5. The van der Waals surface area contributed by atoms with E-state index in [1.165, 1.54) is 0 Å². The summed E-state index contributed by atoms with van der Waals surface area (Å²) in [6.45, 7) is 6.46. The summed E-state index contributed by atoms with van der Waals surface area (Å²) in [5.41, 5.74) is 1.01. The highest BCUT2D eigenvalue weighted by molar-refractivity contribution is 14.0. The Kier molecular flexibility index (Phi) is 9.08. The van der Waals surface area contributed by atoms with E-state index in [-0.39, 0.29) is 24.0 Å². The van der Waals surface area contributed by atoms with E-state index in [4.69, 9.17) is 0 Å². The van der Waals surface area contributed by atoms with E-state index in [2.05, 4.69) is 34.5 Å². The minimum atomic E-state index is 0. The SMILES string of the molecule is CCNC(=NCc1csc(N(C)C)n1)NCC.I. The van der Waals surface area contributed by atoms with Crippen LogP contribution >= 0.6 is 35.3 Å². The molecular weight excluding hydrogens is 361 g/mol. The van der Waals surface area contributed by atoms with Crippen LogP contribution in [0.5, 0.6) is 0 Å². The Balaban J connectivity index is 0.00000289. The van der Waals surface area contributed by atoms with Crippen LogP contribution in [0.3, 0.4) is 0 Å². The summed E-state index contributed by atoms with van der Waals surface area (Å²) < 4.78 is 0. The maximum absolute atomic E-state index is 4.48. The van der Waals surface area contributed by atoms with E-state index in [9.17, 15) is 0 Å². The second kappa shape index (κ2) is 9.37. The van der Waals surface area contributed by atoms with Crippen LogP contribution in [0.15, 0.2) is 10.4 Å². The monoisotopic (exact) mass is 383 g/mol. The molecule has 0 aliphatic rings. The standard InChI is InChI=1S/C11H21N5S.HI/c1-5-12-10(13-6-2)14-7-9-8-17-11(15-9)16(3)4;/h8H,5-7H2,1-4H3,(H2,12,13,14);1H. The first-order valence-corrected chi connectivity index (χ1v) is 6.69. The first-order valence-electron chi connectivity index (χ1n) is 5.81. The molecular formula is C11H22IN5S. The summed E-state index contributed by atoms with van der Waals surface area (Å²) in [7, 11) is 3.99. The van der Waals surface area contributed by atoms with E-state index in [0.717, 1.165) is 29.9 Å². The Morgan fingerprint density at radius 1 is 1.33 bits per heavy atom. The molecule has 0 aliphatic heterocycles. The van der Waals surface area contributed by atoms with Gasteiger partial charge in [-0.25, -0.2) is 9.98 Å². The summed E-state index contributed by atoms with van der Waals surface area (Å²) >= 11 is 1.64. The van der Waals surface area contributed by atoms with Crippen molar-refractivity contribution in [2.24, 2.45) is 4.99 Å². The Morgan fingerprint density at radius 2 is 1.94 bits per heavy atom. The Morgan fingerprint density at radius 3 is 2.39 bits per heavy atom. The van der Waals surface area contributed by atoms with Gasteiger partial charge in [0, 0.05) is 32.6 Å². The molecule has 2 N–H and O–H groups in total. The summed E-state index contributed by atoms with van der Waals surface area (Å²) in [5.74, 6) is 0.842. The predicted octanol–water partition coefficient (Wildman–Crippen LogP) is 1.90. The van der Waals surface area contributed by atoms with Crippen LogP contribution in [-0.2, 0) is 6.54 Å². The van der Waals surface area contributed by atoms with Gasteiger partial charge in [-0.3, -0.25) is 0 Å². The zero-order valence-corrected chi connectivity index (χ0v) is 14.5. The van der Waals surface area contributed by atoms with Crippen molar-refractivity contribution >= 4 is 46.4 Å². The van der Waals surface area contributed by atoms with Crippen molar-refractivity contribution in [3.05, 3.63) is 11.1 Å². The molecule has 1 heterocycles. The molecule has 7 heteroatoms. The molecule has 104 valence electrons. The number of aromatic nitrogens is 1. The minimum Gasteiger partial charge on any atom is -0.357 e. The molecule has 0 aliphatic carbocycles. The van der Waals surface area contributed by atoms with Crippen molar-refractivity contribution < 1.29 is 0 Å². The van der Waals surface area contributed by atoms with Crippen molar-refractivity contribution in [1.29, 1.82) is 0 Å². The average molecular weight is 383 g/mol. The van der Waals surface area contributed by atoms with Gasteiger partial charge in [0.15, 0.2) is 11.1 Å². The topological polar surface area (TPSA) is 52.6 Å². The highest BCUT2D eigenvalue weighted by Gasteiger charge is 2.03. The number of thiazole rings is 1. The van der Waals surface area contributed by atoms with Crippen LogP contribution in [0.1, 0.15) is 19.5 Å². The van der Waals surface area contributed by atoms with Crippen molar-refractivity contribution in [3.63, 3.8) is 0 Å². The van der Waals surface area contributed by atoms with Gasteiger partial charge in [0.1, 0.15) is 0 Å². The minimum absolute atomic E-state index is 0. The first kappa shape index (κ1) is 17.4. The Bertz CT molecular complexity index is 356. The molecule has 1 aromatic rings. The number of nitrogens with zero attached hydrogens (tertiary/aromatic N) is 3. The molecule has 1 rings (SSSR count). The summed E-state index contributed by atoms with van der Waals surface area (Å²) in [6, 6.07) is 0. The first-order chi connectivity index (χ1) is 8.17. The molecule has 1 aromatic heterocycles. The van der Waals surface area contributed by atoms with Gasteiger partial charge in [0.25, 0.3) is 0 Å². The van der Waals surface area contributed by atoms with E-state index in [0.29, 0.717) is 6.54 Å². The molecule has 0 saturated carbocycles. The summed E-state index contributed by atoms with van der Waals surface area (Å²) in [5, 5.41) is 9.44. The number of halogens is 1. The molecule has 0 radical (unpaired) electrons. The van der Waals surface area contributed by atoms with E-state index in [1.54, 1.807) is 11.3 Å². The number of guanidine groups is 1. The smallest absolute Gasteiger partial charge is 0.191 e. The molecule has 0 amide bonds. The fraction of sp³-hybridized carbons (Fsp3) is 0.636. The molecule has 18 heavy (non-hydrogen) atoms. The van der Waals surface area contributed by atoms with Gasteiger partial charge in [0.05, 0.1) is 12.2 Å². The normalized spacial score (nSPS) is 9.33. The van der Waals surface area contributed by atoms with Crippen LogP contribution in [0.2, 0.25) is 0 Å². The fourth-order valence-corrected chi connectivity index (χ4v) is 1.99. The van der Waals surface area contributed by atoms with Gasteiger partial charge in [0.2, 0.25) is 0 Å². The third-order valence-corrected chi connectivity index (χ3v) is 3.07. The van der Waals surface area contributed by atoms with Crippen molar-refractivity contribution in [3.8, 4) is 0 Å². The van der Waals surface area contributed by atoms with E-state index in [1.807, 2.05) is 24.4 Å². The molecule has 0 atom stereocenters. The van der Waals surface area contributed by atoms with Gasteiger partial charge in [-0.15, -0.1) is 35.3 Å². The maximum Gasteiger partial charge on any atom is 0.191 e. The highest BCUT2D eigenvalue weighted by Crippen LogP contribution is 2.18. The van der Waals surface area contributed by atoms with Crippen LogP contribution < -0.4 is 15.5 Å². The zero-order chi connectivity index (χ0) is 12.7. The molecule has 5 nitrogen and oxygen atoms in total. The second-order valence-electron chi connectivity index (χ2n) is 3.74. The highest BCUT2D eigenvalue weighted by atomic mass is 127. The Labute approximate surface area is 130 Å². The van der Waals surface area contributed by atoms with Crippen LogP contribution in [0, 0.1) is 0 Å². The quantitative estimate of drug-likeness (QED) is 0.463. The molecule has 0 saturated heterocycles. The number of hydrogen-bond donors (Lipinski definition) is 2. The molecule has 0 fully saturated rings. The molecule has 0 aromatic carbocycles. The third kappa shape index (κ3) is 5.85. The average Bonchev–Trinajstić information content (AvgIpc) is 2.75. The van der Waals surface area contributed by atoms with Gasteiger partial charge in [-0.05, 0) is 13.8 Å². The third-order valence-electron chi connectivity index (χ3n) is 2.01.